The summed E-state index contributed by atoms with van der Waals surface area (Å²) in [7, 11) is -3.12. The molecule has 82 heavy (non-hydrogen) atoms. The molecule has 0 atom stereocenters. The molecule has 0 aliphatic rings. The van der Waals surface area contributed by atoms with Gasteiger partial charge in [0, 0.05) is 54.7 Å². The van der Waals surface area contributed by atoms with E-state index in [-0.39, 0.29) is 0 Å². The van der Waals surface area contributed by atoms with E-state index in [4.69, 9.17) is 4.42 Å². The molecule has 3 heterocycles. The van der Waals surface area contributed by atoms with Crippen molar-refractivity contribution in [2.75, 3.05) is 0 Å². The molecule has 0 spiro atoms. The molecule has 0 amide bonds. The largest absolute Gasteiger partial charge is 0.456 e. The summed E-state index contributed by atoms with van der Waals surface area (Å²) in [4.78, 5) is 0. The van der Waals surface area contributed by atoms with Crippen molar-refractivity contribution in [3.8, 4) is 55.9 Å². The Labute approximate surface area is 476 Å². The molecule has 0 N–H and O–H groups in total. The summed E-state index contributed by atoms with van der Waals surface area (Å²) in [5.74, 6) is 0. The molecule has 0 radical (unpaired) electrons. The zero-order valence-electron chi connectivity index (χ0n) is 44.8. The number of fused-ring (bicyclic) bond motifs is 9. The predicted octanol–water partition coefficient (Wildman–Crippen LogP) is 17.8. The minimum Gasteiger partial charge on any atom is -0.456 e. The van der Waals surface area contributed by atoms with Crippen molar-refractivity contribution >= 4 is 94.4 Å². The predicted molar refractivity (Wildman–Crippen MR) is 348 cm³/mol. The van der Waals surface area contributed by atoms with Crippen molar-refractivity contribution < 1.29 is 4.42 Å². The minimum absolute atomic E-state index is 0.885. The normalized spacial score (nSPS) is 11.9. The van der Waals surface area contributed by atoms with Crippen molar-refractivity contribution in [1.82, 2.24) is 9.13 Å². The molecular formula is C78H52N2OSi. The van der Waals surface area contributed by atoms with Crippen LogP contribution in [0.4, 0.5) is 0 Å². The first-order valence-electron chi connectivity index (χ1n) is 28.2. The van der Waals surface area contributed by atoms with Crippen LogP contribution in [-0.4, -0.2) is 17.2 Å². The third kappa shape index (κ3) is 7.42. The van der Waals surface area contributed by atoms with Gasteiger partial charge in [-0.25, -0.2) is 0 Å². The number of furan rings is 1. The molecule has 13 aromatic carbocycles. The van der Waals surface area contributed by atoms with Crippen LogP contribution in [0.1, 0.15) is 0 Å². The molecule has 3 nitrogen and oxygen atoms in total. The molecule has 0 saturated carbocycles. The monoisotopic (exact) mass is 1060 g/mol. The summed E-state index contributed by atoms with van der Waals surface area (Å²) in [6.45, 7) is 0. The van der Waals surface area contributed by atoms with Crippen LogP contribution in [0.3, 0.4) is 0 Å². The maximum absolute atomic E-state index is 6.50. The van der Waals surface area contributed by atoms with Gasteiger partial charge in [-0.05, 0) is 91.0 Å². The van der Waals surface area contributed by atoms with Crippen LogP contribution in [0.25, 0.3) is 121 Å². The Hall–Kier alpha value is -10.5. The van der Waals surface area contributed by atoms with Crippen molar-refractivity contribution in [1.29, 1.82) is 0 Å². The molecule has 0 unspecified atom stereocenters. The Morgan fingerprint density at radius 2 is 0.707 bits per heavy atom. The molecule has 384 valence electrons. The quantitative estimate of drug-likeness (QED) is 0.0989. The molecule has 0 aliphatic heterocycles. The van der Waals surface area contributed by atoms with Gasteiger partial charge in [-0.1, -0.05) is 273 Å². The Bertz CT molecular complexity index is 4960. The van der Waals surface area contributed by atoms with E-state index in [0.29, 0.717) is 0 Å². The van der Waals surface area contributed by atoms with E-state index in [1.165, 1.54) is 64.5 Å². The van der Waals surface area contributed by atoms with Crippen LogP contribution < -0.4 is 20.7 Å². The second-order valence-electron chi connectivity index (χ2n) is 21.5. The Morgan fingerprint density at radius 1 is 0.256 bits per heavy atom. The number of aromatic nitrogens is 2. The molecule has 16 rings (SSSR count). The lowest BCUT2D eigenvalue weighted by Gasteiger charge is -2.36. The summed E-state index contributed by atoms with van der Waals surface area (Å²) in [5, 5.41) is 12.3. The van der Waals surface area contributed by atoms with Crippen LogP contribution >= 0.6 is 0 Å². The number of para-hydroxylation sites is 4. The van der Waals surface area contributed by atoms with E-state index in [9.17, 15) is 0 Å². The maximum Gasteiger partial charge on any atom is 0.179 e. The van der Waals surface area contributed by atoms with Gasteiger partial charge in [0.15, 0.2) is 8.07 Å². The van der Waals surface area contributed by atoms with Crippen molar-refractivity contribution in [3.05, 3.63) is 315 Å². The number of benzene rings is 13. The second-order valence-corrected chi connectivity index (χ2v) is 25.3. The lowest BCUT2D eigenvalue weighted by atomic mass is 9.95. The van der Waals surface area contributed by atoms with E-state index in [0.717, 1.165) is 77.6 Å². The summed E-state index contributed by atoms with van der Waals surface area (Å²) in [6, 6.07) is 117. The van der Waals surface area contributed by atoms with E-state index in [1.54, 1.807) is 0 Å². The van der Waals surface area contributed by atoms with Crippen LogP contribution in [-0.2, 0) is 0 Å². The van der Waals surface area contributed by atoms with Gasteiger partial charge in [-0.2, -0.15) is 0 Å². The summed E-state index contributed by atoms with van der Waals surface area (Å²) < 4.78 is 11.6. The molecule has 0 saturated heterocycles. The summed E-state index contributed by atoms with van der Waals surface area (Å²) in [5.41, 5.74) is 18.0. The number of rotatable bonds is 10. The van der Waals surface area contributed by atoms with Crippen molar-refractivity contribution in [2.45, 2.75) is 0 Å². The van der Waals surface area contributed by atoms with Crippen molar-refractivity contribution in [2.24, 2.45) is 0 Å². The topological polar surface area (TPSA) is 23.0 Å². The Balaban J connectivity index is 0.987. The van der Waals surface area contributed by atoms with Crippen molar-refractivity contribution in [3.63, 3.8) is 0 Å². The first kappa shape index (κ1) is 47.5. The molecular weight excluding hydrogens is 1010 g/mol. The van der Waals surface area contributed by atoms with Crippen LogP contribution in [0, 0.1) is 0 Å². The number of hydrogen-bond acceptors (Lipinski definition) is 1. The molecule has 0 bridgehead atoms. The SMILES string of the molecule is c1ccc(-c2ccc([Si](c3ccccc3)(c3ccccc3)c3cc(-c4ccccc4)c(-n4c5ccccc5c5cc(-n6c7ccccc7c7cccc(-c8cccc9oc%10ccccc%10c89)c76)ccc54)c(-c4ccccc4)c3)cc2)cc1. The van der Waals surface area contributed by atoms with Gasteiger partial charge in [-0.15, -0.1) is 0 Å². The summed E-state index contributed by atoms with van der Waals surface area (Å²) in [6.07, 6.45) is 0. The third-order valence-electron chi connectivity index (χ3n) is 17.1. The molecule has 4 heteroatoms. The summed E-state index contributed by atoms with van der Waals surface area (Å²) >= 11 is 0. The van der Waals surface area contributed by atoms with Crippen LogP contribution in [0.5, 0.6) is 0 Å². The highest BCUT2D eigenvalue weighted by Gasteiger charge is 2.43. The second kappa shape index (κ2) is 19.4. The van der Waals surface area contributed by atoms with Gasteiger partial charge in [0.2, 0.25) is 0 Å². The lowest BCUT2D eigenvalue weighted by molar-refractivity contribution is 0.669. The fourth-order valence-corrected chi connectivity index (χ4v) is 18.3. The maximum atomic E-state index is 6.50. The lowest BCUT2D eigenvalue weighted by Crippen LogP contribution is -2.74. The van der Waals surface area contributed by atoms with Gasteiger partial charge < -0.3 is 13.6 Å². The van der Waals surface area contributed by atoms with Gasteiger partial charge in [0.05, 0.1) is 27.8 Å². The highest BCUT2D eigenvalue weighted by molar-refractivity contribution is 7.20. The average molecular weight is 1060 g/mol. The standard InChI is InChI=1S/C78H52N2OSi/c1-6-24-53(25-7-1)54-44-47-60(48-45-54)82(58-30-12-4-13-31-58,59-32-14-5-15-33-59)61-51-68(55-26-8-2-9-27-55)78(69(52-61)56-28-10-3-11-29-56)80-72-41-20-17-35-63(72)70-50-57(46-49-73(70)80)79-71-40-19-16-34-62(71)65-38-22-39-66(77(65)79)64-37-23-43-75-76(64)67-36-18-21-42-74(67)81-75/h1-52H. The first-order chi connectivity index (χ1) is 40.7. The fourth-order valence-electron chi connectivity index (χ4n) is 13.5. The zero-order chi connectivity index (χ0) is 54.1. The average Bonchev–Trinajstić information content (AvgIpc) is 4.36. The molecule has 16 aromatic rings. The van der Waals surface area contributed by atoms with Gasteiger partial charge >= 0.3 is 0 Å². The number of nitrogens with zero attached hydrogens (tertiary/aromatic N) is 2. The molecule has 0 aliphatic carbocycles. The van der Waals surface area contributed by atoms with E-state index >= 15 is 0 Å². The van der Waals surface area contributed by atoms with E-state index in [1.807, 2.05) is 6.07 Å². The van der Waals surface area contributed by atoms with Crippen LogP contribution in [0.15, 0.2) is 320 Å². The fraction of sp³-hybridized carbons (Fsp3) is 0. The van der Waals surface area contributed by atoms with E-state index in [2.05, 4.69) is 319 Å². The van der Waals surface area contributed by atoms with Crippen LogP contribution in [0.2, 0.25) is 0 Å². The Kier molecular flexibility index (Phi) is 11.2. The highest BCUT2D eigenvalue weighted by atomic mass is 28.3. The number of hydrogen-bond donors (Lipinski definition) is 0. The Morgan fingerprint density at radius 3 is 1.34 bits per heavy atom. The van der Waals surface area contributed by atoms with Gasteiger partial charge in [0.25, 0.3) is 0 Å². The zero-order valence-corrected chi connectivity index (χ0v) is 45.8. The first-order valence-corrected chi connectivity index (χ1v) is 30.2. The van der Waals surface area contributed by atoms with Gasteiger partial charge in [-0.3, -0.25) is 0 Å². The highest BCUT2D eigenvalue weighted by Crippen LogP contribution is 2.46. The minimum atomic E-state index is -3.12. The molecule has 3 aromatic heterocycles. The molecule has 0 fully saturated rings. The van der Waals surface area contributed by atoms with Gasteiger partial charge in [0.1, 0.15) is 11.2 Å². The van der Waals surface area contributed by atoms with E-state index < -0.39 is 8.07 Å². The smallest absolute Gasteiger partial charge is 0.179 e. The third-order valence-corrected chi connectivity index (χ3v) is 21.8.